The molecule has 2 N–H and O–H groups in total. The molecule has 70 valence electrons. The van der Waals surface area contributed by atoms with Gasteiger partial charge in [-0.1, -0.05) is 22.9 Å². The van der Waals surface area contributed by atoms with Gasteiger partial charge in [-0.15, -0.1) is 11.8 Å². The molecule has 1 aromatic rings. The smallest absolute Gasteiger partial charge is 0.0178 e. The Morgan fingerprint density at radius 2 is 2.31 bits per heavy atom. The van der Waals surface area contributed by atoms with Gasteiger partial charge in [-0.05, 0) is 23.8 Å². The summed E-state index contributed by atoms with van der Waals surface area (Å²) in [4.78, 5) is 1.39. The first-order valence-electron chi connectivity index (χ1n) is 4.38. The molecule has 0 saturated carbocycles. The Bertz CT molecular complexity index is 327. The van der Waals surface area contributed by atoms with Crippen LogP contribution in [0.25, 0.3) is 0 Å². The molecule has 0 radical (unpaired) electrons. The minimum Gasteiger partial charge on any atom is -0.330 e. The van der Waals surface area contributed by atoms with Gasteiger partial charge in [0.15, 0.2) is 0 Å². The fourth-order valence-corrected chi connectivity index (χ4v) is 3.46. The average Bonchev–Trinajstić information content (AvgIpc) is 2.40. The summed E-state index contributed by atoms with van der Waals surface area (Å²) in [6, 6.07) is 6.47. The van der Waals surface area contributed by atoms with Crippen molar-refractivity contribution in [2.45, 2.75) is 23.0 Å². The SMILES string of the molecule is CC1Sc2ccc(Br)cc2C1CN. The Morgan fingerprint density at radius 3 is 3.00 bits per heavy atom. The van der Waals surface area contributed by atoms with Crippen molar-refractivity contribution in [2.24, 2.45) is 5.73 Å². The van der Waals surface area contributed by atoms with Crippen molar-refractivity contribution >= 4 is 27.7 Å². The molecule has 1 aliphatic heterocycles. The van der Waals surface area contributed by atoms with Crippen LogP contribution in [0.1, 0.15) is 18.4 Å². The van der Waals surface area contributed by atoms with E-state index < -0.39 is 0 Å². The Labute approximate surface area is 91.2 Å². The van der Waals surface area contributed by atoms with Crippen LogP contribution in [0.4, 0.5) is 0 Å². The van der Waals surface area contributed by atoms with Crippen molar-refractivity contribution in [1.82, 2.24) is 0 Å². The lowest BCUT2D eigenvalue weighted by atomic mass is 9.97. The summed E-state index contributed by atoms with van der Waals surface area (Å²) in [5, 5.41) is 0.620. The lowest BCUT2D eigenvalue weighted by Gasteiger charge is -2.12. The Balaban J connectivity index is 2.44. The number of hydrogen-bond acceptors (Lipinski definition) is 2. The maximum atomic E-state index is 5.76. The van der Waals surface area contributed by atoms with Gasteiger partial charge in [-0.3, -0.25) is 0 Å². The number of benzene rings is 1. The van der Waals surface area contributed by atoms with E-state index in [1.54, 1.807) is 0 Å². The number of halogens is 1. The van der Waals surface area contributed by atoms with Crippen LogP contribution >= 0.6 is 27.7 Å². The van der Waals surface area contributed by atoms with E-state index in [0.29, 0.717) is 11.2 Å². The first kappa shape index (κ1) is 9.56. The normalized spacial score (nSPS) is 26.1. The molecule has 2 unspecified atom stereocenters. The summed E-state index contributed by atoms with van der Waals surface area (Å²) in [6.07, 6.45) is 0. The molecule has 0 spiro atoms. The van der Waals surface area contributed by atoms with Crippen LogP contribution in [0.5, 0.6) is 0 Å². The fraction of sp³-hybridized carbons (Fsp3) is 0.400. The molecule has 1 aromatic carbocycles. The van der Waals surface area contributed by atoms with Crippen LogP contribution in [0.3, 0.4) is 0 Å². The minimum atomic E-state index is 0.525. The molecule has 0 saturated heterocycles. The molecule has 0 aliphatic carbocycles. The molecule has 2 rings (SSSR count). The summed E-state index contributed by atoms with van der Waals surface area (Å²) in [5.74, 6) is 0.525. The molecular formula is C10H12BrNS. The van der Waals surface area contributed by atoms with E-state index in [2.05, 4.69) is 41.1 Å². The van der Waals surface area contributed by atoms with E-state index in [0.717, 1.165) is 11.0 Å². The van der Waals surface area contributed by atoms with E-state index in [4.69, 9.17) is 5.73 Å². The van der Waals surface area contributed by atoms with E-state index in [1.165, 1.54) is 10.5 Å². The third kappa shape index (κ3) is 1.65. The third-order valence-corrected chi connectivity index (χ3v) is 4.32. The van der Waals surface area contributed by atoms with E-state index in [9.17, 15) is 0 Å². The van der Waals surface area contributed by atoms with Crippen LogP contribution < -0.4 is 5.73 Å². The lowest BCUT2D eigenvalue weighted by molar-refractivity contribution is 0.697. The summed E-state index contributed by atoms with van der Waals surface area (Å²) in [6.45, 7) is 2.99. The molecule has 0 bridgehead atoms. The minimum absolute atomic E-state index is 0.525. The van der Waals surface area contributed by atoms with Gasteiger partial charge in [0, 0.05) is 27.1 Å². The highest BCUT2D eigenvalue weighted by atomic mass is 79.9. The Morgan fingerprint density at radius 1 is 1.54 bits per heavy atom. The fourth-order valence-electron chi connectivity index (χ4n) is 1.77. The summed E-state index contributed by atoms with van der Waals surface area (Å²) in [5.41, 5.74) is 7.17. The average molecular weight is 258 g/mol. The molecule has 3 heteroatoms. The van der Waals surface area contributed by atoms with E-state index in [1.807, 2.05) is 11.8 Å². The zero-order valence-electron chi connectivity index (χ0n) is 7.46. The molecule has 2 atom stereocenters. The highest BCUT2D eigenvalue weighted by Gasteiger charge is 2.28. The number of thioether (sulfide) groups is 1. The topological polar surface area (TPSA) is 26.0 Å². The molecule has 13 heavy (non-hydrogen) atoms. The second-order valence-corrected chi connectivity index (χ2v) is 5.68. The third-order valence-electron chi connectivity index (χ3n) is 2.50. The molecule has 1 heterocycles. The number of nitrogens with two attached hydrogens (primary N) is 1. The van der Waals surface area contributed by atoms with Crippen molar-refractivity contribution in [1.29, 1.82) is 0 Å². The van der Waals surface area contributed by atoms with Gasteiger partial charge in [0.2, 0.25) is 0 Å². The lowest BCUT2D eigenvalue weighted by Crippen LogP contribution is -2.17. The highest BCUT2D eigenvalue weighted by molar-refractivity contribution is 9.10. The molecule has 0 aromatic heterocycles. The van der Waals surface area contributed by atoms with Crippen molar-refractivity contribution in [3.05, 3.63) is 28.2 Å². The van der Waals surface area contributed by atoms with Crippen molar-refractivity contribution in [3.63, 3.8) is 0 Å². The van der Waals surface area contributed by atoms with Crippen LogP contribution in [0.15, 0.2) is 27.6 Å². The van der Waals surface area contributed by atoms with Gasteiger partial charge < -0.3 is 5.73 Å². The summed E-state index contributed by atoms with van der Waals surface area (Å²) >= 11 is 5.42. The molecule has 1 aliphatic rings. The monoisotopic (exact) mass is 257 g/mol. The van der Waals surface area contributed by atoms with Crippen LogP contribution in [-0.4, -0.2) is 11.8 Å². The van der Waals surface area contributed by atoms with Gasteiger partial charge in [-0.2, -0.15) is 0 Å². The van der Waals surface area contributed by atoms with Gasteiger partial charge in [0.05, 0.1) is 0 Å². The van der Waals surface area contributed by atoms with E-state index in [-0.39, 0.29) is 0 Å². The van der Waals surface area contributed by atoms with Crippen molar-refractivity contribution in [3.8, 4) is 0 Å². The molecular weight excluding hydrogens is 246 g/mol. The highest BCUT2D eigenvalue weighted by Crippen LogP contribution is 2.45. The second kappa shape index (κ2) is 3.64. The van der Waals surface area contributed by atoms with Crippen molar-refractivity contribution < 1.29 is 0 Å². The zero-order valence-corrected chi connectivity index (χ0v) is 9.86. The Hall–Kier alpha value is 0.01000. The molecule has 0 amide bonds. The quantitative estimate of drug-likeness (QED) is 0.838. The summed E-state index contributed by atoms with van der Waals surface area (Å²) in [7, 11) is 0. The largest absolute Gasteiger partial charge is 0.330 e. The number of rotatable bonds is 1. The van der Waals surface area contributed by atoms with Gasteiger partial charge in [0.25, 0.3) is 0 Å². The predicted octanol–water partition coefficient (Wildman–Crippen LogP) is 2.99. The number of fused-ring (bicyclic) bond motifs is 1. The maximum absolute atomic E-state index is 5.76. The summed E-state index contributed by atoms with van der Waals surface area (Å²) < 4.78 is 1.15. The maximum Gasteiger partial charge on any atom is 0.0178 e. The van der Waals surface area contributed by atoms with Crippen LogP contribution in [-0.2, 0) is 0 Å². The van der Waals surface area contributed by atoms with Crippen molar-refractivity contribution in [2.75, 3.05) is 6.54 Å². The first-order chi connectivity index (χ1) is 6.22. The Kier molecular flexibility index (Phi) is 2.67. The van der Waals surface area contributed by atoms with Gasteiger partial charge in [-0.25, -0.2) is 0 Å². The van der Waals surface area contributed by atoms with Crippen LogP contribution in [0, 0.1) is 0 Å². The predicted molar refractivity (Wildman–Crippen MR) is 61.3 cm³/mol. The molecule has 1 nitrogen and oxygen atoms in total. The van der Waals surface area contributed by atoms with Crippen LogP contribution in [0.2, 0.25) is 0 Å². The van der Waals surface area contributed by atoms with Gasteiger partial charge in [0.1, 0.15) is 0 Å². The zero-order chi connectivity index (χ0) is 9.42. The standard InChI is InChI=1S/C10H12BrNS/c1-6-9(5-12)8-4-7(11)2-3-10(8)13-6/h2-4,6,9H,5,12H2,1H3. The number of hydrogen-bond donors (Lipinski definition) is 1. The second-order valence-electron chi connectivity index (χ2n) is 3.35. The van der Waals surface area contributed by atoms with E-state index >= 15 is 0 Å². The molecule has 0 fully saturated rings. The first-order valence-corrected chi connectivity index (χ1v) is 6.06. The van der Waals surface area contributed by atoms with Gasteiger partial charge >= 0.3 is 0 Å².